The Kier molecular flexibility index (Phi) is 7.85. The maximum absolute atomic E-state index is 14.3. The summed E-state index contributed by atoms with van der Waals surface area (Å²) in [6, 6.07) is -1.16. The fourth-order valence-electron chi connectivity index (χ4n) is 6.46. The van der Waals surface area contributed by atoms with E-state index >= 15 is 0 Å². The molecule has 0 aromatic carbocycles. The van der Waals surface area contributed by atoms with Crippen LogP contribution in [-0.2, 0) is 14.3 Å². The highest BCUT2D eigenvalue weighted by Gasteiger charge is 2.63. The maximum Gasteiger partial charge on any atom is 0.410 e. The molecule has 228 valence electrons. The zero-order valence-electron chi connectivity index (χ0n) is 22.9. The number of amides is 3. The zero-order chi connectivity index (χ0) is 29.9. The first kappa shape index (κ1) is 30.7. The van der Waals surface area contributed by atoms with Gasteiger partial charge in [0.25, 0.3) is 0 Å². The fraction of sp³-hybridized carbons (Fsp3) is 0.885. The molecule has 1 N–H and O–H groups in total. The van der Waals surface area contributed by atoms with Gasteiger partial charge in [-0.05, 0) is 52.9 Å². The van der Waals surface area contributed by atoms with Gasteiger partial charge in [0.05, 0.1) is 12.0 Å². The van der Waals surface area contributed by atoms with Crippen LogP contribution in [-0.4, -0.2) is 101 Å². The molecular formula is C26H37F6N3O5. The van der Waals surface area contributed by atoms with Gasteiger partial charge >= 0.3 is 18.4 Å². The normalized spacial score (nSPS) is 28.9. The van der Waals surface area contributed by atoms with Crippen molar-refractivity contribution in [3.8, 4) is 0 Å². The van der Waals surface area contributed by atoms with E-state index in [4.69, 9.17) is 4.74 Å². The Morgan fingerprint density at radius 3 is 1.95 bits per heavy atom. The maximum atomic E-state index is 14.3. The third kappa shape index (κ3) is 5.61. The molecule has 3 amide bonds. The van der Waals surface area contributed by atoms with Crippen molar-refractivity contribution in [2.45, 2.75) is 95.8 Å². The van der Waals surface area contributed by atoms with Gasteiger partial charge in [-0.25, -0.2) is 4.79 Å². The number of alkyl halides is 6. The number of hydrogen-bond donors (Lipinski definition) is 1. The summed E-state index contributed by atoms with van der Waals surface area (Å²) in [5.74, 6) is -3.92. The van der Waals surface area contributed by atoms with Gasteiger partial charge in [-0.15, -0.1) is 0 Å². The standard InChI is InChI=1S/C26H37F6N3O5/c1-22(2,3)40-21(39)35-15-23(6-4-7-23)18(36)13-17(35)19(37)33-11-8-24(9-12-33,26(30,31)32)20(38)34-10-5-16(14-34)25(27,28)29/h16-18,36H,4-15H2,1-3H3/t16?,17-,18+/m0/s1. The van der Waals surface area contributed by atoms with E-state index in [0.29, 0.717) is 17.7 Å². The number of hydrogen-bond acceptors (Lipinski definition) is 5. The number of nitrogens with zero attached hydrogens (tertiary/aromatic N) is 3. The van der Waals surface area contributed by atoms with E-state index in [1.807, 2.05) is 0 Å². The monoisotopic (exact) mass is 585 g/mol. The van der Waals surface area contributed by atoms with Gasteiger partial charge in [-0.2, -0.15) is 26.3 Å². The summed E-state index contributed by atoms with van der Waals surface area (Å²) >= 11 is 0. The number of aliphatic hydroxyl groups excluding tert-OH is 1. The second-order valence-corrected chi connectivity index (χ2v) is 12.8. The van der Waals surface area contributed by atoms with Gasteiger partial charge in [0.2, 0.25) is 11.8 Å². The minimum Gasteiger partial charge on any atom is -0.444 e. The highest BCUT2D eigenvalue weighted by atomic mass is 19.4. The molecule has 14 heteroatoms. The molecule has 4 fully saturated rings. The van der Waals surface area contributed by atoms with Crippen molar-refractivity contribution in [1.29, 1.82) is 0 Å². The van der Waals surface area contributed by atoms with Crippen LogP contribution in [0.5, 0.6) is 0 Å². The highest BCUT2D eigenvalue weighted by Crippen LogP contribution is 2.51. The lowest BCUT2D eigenvalue weighted by atomic mass is 9.61. The summed E-state index contributed by atoms with van der Waals surface area (Å²) in [5.41, 5.74) is -4.33. The van der Waals surface area contributed by atoms with E-state index in [9.17, 15) is 45.8 Å². The zero-order valence-corrected chi connectivity index (χ0v) is 22.9. The molecule has 0 aromatic rings. The summed E-state index contributed by atoms with van der Waals surface area (Å²) < 4.78 is 87.9. The van der Waals surface area contributed by atoms with Crippen molar-refractivity contribution < 1.29 is 50.6 Å². The number of halogens is 6. The molecule has 0 bridgehead atoms. The molecule has 8 nitrogen and oxygen atoms in total. The number of piperidine rings is 2. The molecule has 3 heterocycles. The van der Waals surface area contributed by atoms with E-state index in [1.165, 1.54) is 4.90 Å². The quantitative estimate of drug-likeness (QED) is 0.493. The molecule has 3 aliphatic heterocycles. The molecule has 1 unspecified atom stereocenters. The van der Waals surface area contributed by atoms with Crippen LogP contribution in [0.25, 0.3) is 0 Å². The van der Waals surface area contributed by atoms with Crippen molar-refractivity contribution in [2.75, 3.05) is 32.7 Å². The first-order valence-corrected chi connectivity index (χ1v) is 13.7. The molecule has 0 radical (unpaired) electrons. The van der Waals surface area contributed by atoms with Crippen LogP contribution in [0.15, 0.2) is 0 Å². The molecule has 4 rings (SSSR count). The molecular weight excluding hydrogens is 548 g/mol. The first-order chi connectivity index (χ1) is 18.3. The third-order valence-electron chi connectivity index (χ3n) is 9.10. The smallest absolute Gasteiger partial charge is 0.410 e. The number of ether oxygens (including phenoxy) is 1. The molecule has 40 heavy (non-hydrogen) atoms. The highest BCUT2D eigenvalue weighted by molar-refractivity contribution is 5.88. The molecule has 1 spiro atoms. The minimum atomic E-state index is -5.03. The summed E-state index contributed by atoms with van der Waals surface area (Å²) in [7, 11) is 0. The Morgan fingerprint density at radius 1 is 0.900 bits per heavy atom. The van der Waals surface area contributed by atoms with Crippen LogP contribution >= 0.6 is 0 Å². The van der Waals surface area contributed by atoms with Crippen LogP contribution < -0.4 is 0 Å². The van der Waals surface area contributed by atoms with Gasteiger partial charge < -0.3 is 19.6 Å². The van der Waals surface area contributed by atoms with E-state index in [2.05, 4.69) is 0 Å². The second-order valence-electron chi connectivity index (χ2n) is 12.8. The van der Waals surface area contributed by atoms with Crippen LogP contribution in [0, 0.1) is 16.7 Å². The molecule has 4 aliphatic rings. The van der Waals surface area contributed by atoms with Gasteiger partial charge in [0, 0.05) is 44.6 Å². The van der Waals surface area contributed by atoms with E-state index in [0.717, 1.165) is 11.3 Å². The molecule has 3 atom stereocenters. The number of aliphatic hydroxyl groups is 1. The average molecular weight is 586 g/mol. The largest absolute Gasteiger partial charge is 0.444 e. The number of carbonyl (C=O) groups excluding carboxylic acids is 3. The lowest BCUT2D eigenvalue weighted by Crippen LogP contribution is -2.65. The van der Waals surface area contributed by atoms with E-state index in [-0.39, 0.29) is 13.0 Å². The third-order valence-corrected chi connectivity index (χ3v) is 9.10. The molecule has 0 aromatic heterocycles. The fourth-order valence-corrected chi connectivity index (χ4v) is 6.46. The predicted molar refractivity (Wildman–Crippen MR) is 129 cm³/mol. The van der Waals surface area contributed by atoms with Crippen molar-refractivity contribution in [3.05, 3.63) is 0 Å². The van der Waals surface area contributed by atoms with Crippen molar-refractivity contribution in [2.24, 2.45) is 16.7 Å². The molecule has 3 saturated heterocycles. The van der Waals surface area contributed by atoms with Crippen LogP contribution in [0.2, 0.25) is 0 Å². The summed E-state index contributed by atoms with van der Waals surface area (Å²) in [5, 5.41) is 10.9. The van der Waals surface area contributed by atoms with Crippen LogP contribution in [0.1, 0.15) is 65.7 Å². The Hall–Kier alpha value is -2.25. The van der Waals surface area contributed by atoms with Gasteiger partial charge in [-0.3, -0.25) is 14.5 Å². The van der Waals surface area contributed by atoms with E-state index < -0.39 is 110 Å². The number of rotatable bonds is 2. The first-order valence-electron chi connectivity index (χ1n) is 13.7. The summed E-state index contributed by atoms with van der Waals surface area (Å²) in [6.45, 7) is 2.87. The number of likely N-dealkylation sites (tertiary alicyclic amines) is 3. The van der Waals surface area contributed by atoms with Gasteiger partial charge in [0.1, 0.15) is 17.1 Å². The number of carbonyl (C=O) groups is 3. The SMILES string of the molecule is CC(C)(C)OC(=O)N1CC2(CCC2)[C@H](O)C[C@H]1C(=O)N1CCC(C(=O)N2CCC(C(F)(F)F)C2)(C(F)(F)F)CC1. The average Bonchev–Trinajstić information content (AvgIpc) is 3.31. The Bertz CT molecular complexity index is 998. The summed E-state index contributed by atoms with van der Waals surface area (Å²) in [6.07, 6.45) is -11.3. The molecule has 1 saturated carbocycles. The predicted octanol–water partition coefficient (Wildman–Crippen LogP) is 4.11. The van der Waals surface area contributed by atoms with Crippen molar-refractivity contribution in [1.82, 2.24) is 14.7 Å². The van der Waals surface area contributed by atoms with Crippen molar-refractivity contribution in [3.63, 3.8) is 0 Å². The Morgan fingerprint density at radius 2 is 1.50 bits per heavy atom. The van der Waals surface area contributed by atoms with Crippen LogP contribution in [0.3, 0.4) is 0 Å². The van der Waals surface area contributed by atoms with Gasteiger partial charge in [-0.1, -0.05) is 6.42 Å². The molecule has 1 aliphatic carbocycles. The summed E-state index contributed by atoms with van der Waals surface area (Å²) in [4.78, 5) is 42.8. The minimum absolute atomic E-state index is 0.0770. The van der Waals surface area contributed by atoms with E-state index in [1.54, 1.807) is 20.8 Å². The van der Waals surface area contributed by atoms with Crippen LogP contribution in [0.4, 0.5) is 31.1 Å². The Labute approximate surface area is 229 Å². The Balaban J connectivity index is 1.50. The second kappa shape index (κ2) is 10.2. The van der Waals surface area contributed by atoms with Gasteiger partial charge in [0.15, 0.2) is 0 Å². The lowest BCUT2D eigenvalue weighted by Gasteiger charge is -2.54. The lowest BCUT2D eigenvalue weighted by molar-refractivity contribution is -0.238. The topological polar surface area (TPSA) is 90.4 Å². The van der Waals surface area contributed by atoms with Crippen molar-refractivity contribution >= 4 is 17.9 Å².